The third-order valence-corrected chi connectivity index (χ3v) is 4.47. The SMILES string of the molecule is CC1CC(=O)Nc2ccc(C(=O)NC3(C#N)CCCC3)cc2N1. The minimum Gasteiger partial charge on any atom is -0.380 e. The number of nitrogens with one attached hydrogen (secondary N) is 3. The summed E-state index contributed by atoms with van der Waals surface area (Å²) in [5, 5.41) is 18.3. The van der Waals surface area contributed by atoms with Gasteiger partial charge in [-0.25, -0.2) is 0 Å². The predicted octanol–water partition coefficient (Wildman–Crippen LogP) is 2.40. The van der Waals surface area contributed by atoms with Crippen LogP contribution in [0.25, 0.3) is 0 Å². The van der Waals surface area contributed by atoms with Crippen molar-refractivity contribution in [1.82, 2.24) is 5.32 Å². The molecule has 1 fully saturated rings. The van der Waals surface area contributed by atoms with Crippen molar-refractivity contribution in [2.24, 2.45) is 0 Å². The van der Waals surface area contributed by atoms with E-state index in [1.165, 1.54) is 0 Å². The summed E-state index contributed by atoms with van der Waals surface area (Å²) >= 11 is 0. The van der Waals surface area contributed by atoms with Gasteiger partial charge in [0.15, 0.2) is 0 Å². The van der Waals surface area contributed by atoms with Crippen molar-refractivity contribution < 1.29 is 9.59 Å². The van der Waals surface area contributed by atoms with Crippen molar-refractivity contribution in [2.75, 3.05) is 10.6 Å². The number of amides is 2. The van der Waals surface area contributed by atoms with Gasteiger partial charge in [-0.05, 0) is 50.8 Å². The van der Waals surface area contributed by atoms with Crippen LogP contribution in [0, 0.1) is 11.3 Å². The van der Waals surface area contributed by atoms with Gasteiger partial charge in [0.25, 0.3) is 5.91 Å². The third-order valence-electron chi connectivity index (χ3n) is 4.47. The molecule has 6 nitrogen and oxygen atoms in total. The minimum absolute atomic E-state index is 0.00477. The molecule has 1 aliphatic heterocycles. The fraction of sp³-hybridized carbons (Fsp3) is 0.471. The lowest BCUT2D eigenvalue weighted by Crippen LogP contribution is -2.45. The highest BCUT2D eigenvalue weighted by Gasteiger charge is 2.35. The van der Waals surface area contributed by atoms with Gasteiger partial charge in [-0.15, -0.1) is 0 Å². The monoisotopic (exact) mass is 312 g/mol. The molecule has 0 radical (unpaired) electrons. The Labute approximate surface area is 135 Å². The number of carbonyl (C=O) groups excluding carboxylic acids is 2. The molecule has 1 aliphatic carbocycles. The van der Waals surface area contributed by atoms with E-state index in [1.54, 1.807) is 18.2 Å². The molecule has 1 unspecified atom stereocenters. The number of rotatable bonds is 2. The van der Waals surface area contributed by atoms with E-state index in [9.17, 15) is 14.9 Å². The summed E-state index contributed by atoms with van der Waals surface area (Å²) in [5.74, 6) is -0.295. The molecule has 0 saturated heterocycles. The molecule has 6 heteroatoms. The molecule has 23 heavy (non-hydrogen) atoms. The lowest BCUT2D eigenvalue weighted by Gasteiger charge is -2.22. The summed E-state index contributed by atoms with van der Waals surface area (Å²) in [4.78, 5) is 24.2. The van der Waals surface area contributed by atoms with E-state index in [4.69, 9.17) is 0 Å². The third kappa shape index (κ3) is 3.14. The summed E-state index contributed by atoms with van der Waals surface area (Å²) in [6.45, 7) is 1.92. The van der Waals surface area contributed by atoms with Crippen molar-refractivity contribution in [3.05, 3.63) is 23.8 Å². The van der Waals surface area contributed by atoms with Gasteiger partial charge < -0.3 is 16.0 Å². The highest BCUT2D eigenvalue weighted by atomic mass is 16.2. The Hall–Kier alpha value is -2.55. The second-order valence-electron chi connectivity index (χ2n) is 6.41. The highest BCUT2D eigenvalue weighted by Crippen LogP contribution is 2.30. The fourth-order valence-electron chi connectivity index (χ4n) is 3.24. The summed E-state index contributed by atoms with van der Waals surface area (Å²) < 4.78 is 0. The maximum absolute atomic E-state index is 12.5. The number of anilines is 2. The van der Waals surface area contributed by atoms with Gasteiger partial charge in [0, 0.05) is 18.0 Å². The fourth-order valence-corrected chi connectivity index (χ4v) is 3.24. The molecule has 3 rings (SSSR count). The first-order valence-corrected chi connectivity index (χ1v) is 7.95. The number of nitriles is 1. The first-order chi connectivity index (χ1) is 11.0. The molecule has 0 spiro atoms. The van der Waals surface area contributed by atoms with E-state index >= 15 is 0 Å². The summed E-state index contributed by atoms with van der Waals surface area (Å²) in [7, 11) is 0. The van der Waals surface area contributed by atoms with Crippen molar-refractivity contribution in [1.29, 1.82) is 5.26 Å². The van der Waals surface area contributed by atoms with Crippen LogP contribution in [0.2, 0.25) is 0 Å². The average molecular weight is 312 g/mol. The lowest BCUT2D eigenvalue weighted by atomic mass is 9.99. The Morgan fingerprint density at radius 2 is 2.09 bits per heavy atom. The maximum Gasteiger partial charge on any atom is 0.252 e. The Morgan fingerprint density at radius 3 is 2.78 bits per heavy atom. The standard InChI is InChI=1S/C17H20N4O2/c1-11-8-15(22)20-13-5-4-12(9-14(13)19-11)16(23)21-17(10-18)6-2-3-7-17/h4-5,9,11,19H,2-3,6-8H2,1H3,(H,20,22)(H,21,23). The van der Waals surface area contributed by atoms with Crippen LogP contribution in [0.15, 0.2) is 18.2 Å². The molecule has 2 amide bonds. The molecule has 0 aromatic heterocycles. The van der Waals surface area contributed by atoms with Crippen LogP contribution in [0.5, 0.6) is 0 Å². The van der Waals surface area contributed by atoms with E-state index in [0.717, 1.165) is 18.5 Å². The number of fused-ring (bicyclic) bond motifs is 1. The van der Waals surface area contributed by atoms with Gasteiger partial charge >= 0.3 is 0 Å². The van der Waals surface area contributed by atoms with Crippen molar-refractivity contribution in [3.8, 4) is 6.07 Å². The van der Waals surface area contributed by atoms with Crippen LogP contribution < -0.4 is 16.0 Å². The molecular formula is C17H20N4O2. The number of benzene rings is 1. The Kier molecular flexibility index (Phi) is 3.95. The van der Waals surface area contributed by atoms with Gasteiger partial charge in [-0.2, -0.15) is 5.26 Å². The molecule has 1 atom stereocenters. The lowest BCUT2D eigenvalue weighted by molar-refractivity contribution is -0.116. The number of hydrogen-bond acceptors (Lipinski definition) is 4. The molecule has 1 heterocycles. The molecule has 1 saturated carbocycles. The first kappa shape index (κ1) is 15.3. The van der Waals surface area contributed by atoms with Gasteiger partial charge in [-0.1, -0.05) is 0 Å². The van der Waals surface area contributed by atoms with Crippen LogP contribution >= 0.6 is 0 Å². The molecule has 2 aliphatic rings. The molecule has 120 valence electrons. The van der Waals surface area contributed by atoms with Crippen molar-refractivity contribution in [3.63, 3.8) is 0 Å². The van der Waals surface area contributed by atoms with Crippen LogP contribution in [-0.4, -0.2) is 23.4 Å². The minimum atomic E-state index is -0.737. The predicted molar refractivity (Wildman–Crippen MR) is 87.1 cm³/mol. The zero-order chi connectivity index (χ0) is 16.4. The molecule has 3 N–H and O–H groups in total. The van der Waals surface area contributed by atoms with Crippen LogP contribution in [-0.2, 0) is 4.79 Å². The Balaban J connectivity index is 1.83. The maximum atomic E-state index is 12.5. The zero-order valence-corrected chi connectivity index (χ0v) is 13.1. The Morgan fingerprint density at radius 1 is 1.35 bits per heavy atom. The zero-order valence-electron chi connectivity index (χ0n) is 13.1. The van der Waals surface area contributed by atoms with Gasteiger partial charge in [0.2, 0.25) is 5.91 Å². The topological polar surface area (TPSA) is 94.0 Å². The second kappa shape index (κ2) is 5.92. The molecular weight excluding hydrogens is 292 g/mol. The van der Waals surface area contributed by atoms with E-state index < -0.39 is 5.54 Å². The van der Waals surface area contributed by atoms with Crippen LogP contribution in [0.3, 0.4) is 0 Å². The van der Waals surface area contributed by atoms with Gasteiger partial charge in [-0.3, -0.25) is 9.59 Å². The van der Waals surface area contributed by atoms with Crippen LogP contribution in [0.1, 0.15) is 49.4 Å². The number of nitrogens with zero attached hydrogens (tertiary/aromatic N) is 1. The van der Waals surface area contributed by atoms with E-state index in [0.29, 0.717) is 30.5 Å². The summed E-state index contributed by atoms with van der Waals surface area (Å²) in [5.41, 5.74) is 1.15. The second-order valence-corrected chi connectivity index (χ2v) is 6.41. The van der Waals surface area contributed by atoms with Gasteiger partial charge in [0.1, 0.15) is 5.54 Å². The quantitative estimate of drug-likeness (QED) is 0.781. The van der Waals surface area contributed by atoms with Crippen LogP contribution in [0.4, 0.5) is 11.4 Å². The Bertz CT molecular complexity index is 686. The summed E-state index contributed by atoms with van der Waals surface area (Å²) in [6, 6.07) is 7.38. The van der Waals surface area contributed by atoms with Gasteiger partial charge in [0.05, 0.1) is 17.4 Å². The largest absolute Gasteiger partial charge is 0.380 e. The highest BCUT2D eigenvalue weighted by molar-refractivity contribution is 6.00. The summed E-state index contributed by atoms with van der Waals surface area (Å²) in [6.07, 6.45) is 3.71. The number of carbonyl (C=O) groups is 2. The van der Waals surface area contributed by atoms with E-state index in [-0.39, 0.29) is 17.9 Å². The normalized spacial score (nSPS) is 22.1. The van der Waals surface area contributed by atoms with E-state index in [1.807, 2.05) is 6.92 Å². The molecule has 1 aromatic rings. The molecule has 1 aromatic carbocycles. The first-order valence-electron chi connectivity index (χ1n) is 7.95. The van der Waals surface area contributed by atoms with E-state index in [2.05, 4.69) is 22.0 Å². The van der Waals surface area contributed by atoms with Crippen molar-refractivity contribution >= 4 is 23.2 Å². The number of hydrogen-bond donors (Lipinski definition) is 3. The van der Waals surface area contributed by atoms with Crippen molar-refractivity contribution in [2.45, 2.75) is 50.6 Å². The smallest absolute Gasteiger partial charge is 0.252 e. The average Bonchev–Trinajstić information content (AvgIpc) is 2.91. The molecule has 0 bridgehead atoms.